The highest BCUT2D eigenvalue weighted by molar-refractivity contribution is 6.30. The molecule has 1 aromatic rings. The minimum Gasteiger partial charge on any atom is -0.465 e. The van der Waals surface area contributed by atoms with Crippen molar-refractivity contribution >= 4 is 29.4 Å². The van der Waals surface area contributed by atoms with Gasteiger partial charge in [-0.15, -0.1) is 0 Å². The van der Waals surface area contributed by atoms with Gasteiger partial charge in [0.15, 0.2) is 0 Å². The van der Waals surface area contributed by atoms with Crippen LogP contribution < -0.4 is 0 Å². The molecule has 168 valence electrons. The highest BCUT2D eigenvalue weighted by Crippen LogP contribution is 2.38. The van der Waals surface area contributed by atoms with Crippen LogP contribution in [0.2, 0.25) is 5.02 Å². The maximum absolute atomic E-state index is 12.8. The molecular weight excluding hydrogens is 416 g/mol. The van der Waals surface area contributed by atoms with Crippen LogP contribution in [0.1, 0.15) is 63.0 Å². The number of rotatable bonds is 5. The van der Waals surface area contributed by atoms with Gasteiger partial charge < -0.3 is 14.5 Å². The number of benzene rings is 1. The number of hydrogen-bond acceptors (Lipinski definition) is 4. The molecule has 3 unspecified atom stereocenters. The number of amides is 2. The Kier molecular flexibility index (Phi) is 6.85. The quantitative estimate of drug-likeness (QED) is 0.507. The number of esters is 1. The molecule has 6 nitrogen and oxygen atoms in total. The number of nitrogens with zero attached hydrogens (tertiary/aromatic N) is 2. The summed E-state index contributed by atoms with van der Waals surface area (Å²) in [5, 5.41) is 0.615. The van der Waals surface area contributed by atoms with E-state index < -0.39 is 5.92 Å². The zero-order valence-corrected chi connectivity index (χ0v) is 18.9. The van der Waals surface area contributed by atoms with Crippen molar-refractivity contribution in [3.05, 3.63) is 34.9 Å². The zero-order valence-electron chi connectivity index (χ0n) is 18.1. The second kappa shape index (κ2) is 9.60. The van der Waals surface area contributed by atoms with Gasteiger partial charge in [-0.3, -0.25) is 14.4 Å². The Labute approximate surface area is 188 Å². The second-order valence-corrected chi connectivity index (χ2v) is 9.63. The van der Waals surface area contributed by atoms with E-state index in [-0.39, 0.29) is 48.8 Å². The number of hydrogen-bond donors (Lipinski definition) is 0. The summed E-state index contributed by atoms with van der Waals surface area (Å²) in [6.07, 6.45) is 7.39. The van der Waals surface area contributed by atoms with Gasteiger partial charge in [-0.1, -0.05) is 49.4 Å². The summed E-state index contributed by atoms with van der Waals surface area (Å²) in [5.41, 5.74) is 0.942. The monoisotopic (exact) mass is 446 g/mol. The maximum Gasteiger partial charge on any atom is 0.311 e. The summed E-state index contributed by atoms with van der Waals surface area (Å²) in [4.78, 5) is 41.3. The predicted molar refractivity (Wildman–Crippen MR) is 117 cm³/mol. The summed E-state index contributed by atoms with van der Waals surface area (Å²) in [6.45, 7) is 0.629. The molecule has 1 aromatic carbocycles. The molecule has 3 aliphatic rings. The van der Waals surface area contributed by atoms with Gasteiger partial charge >= 0.3 is 5.97 Å². The molecule has 2 saturated heterocycles. The lowest BCUT2D eigenvalue weighted by Gasteiger charge is -2.27. The highest BCUT2D eigenvalue weighted by atomic mass is 35.5. The third-order valence-corrected chi connectivity index (χ3v) is 7.32. The van der Waals surface area contributed by atoms with Gasteiger partial charge in [0, 0.05) is 43.4 Å². The molecule has 0 bridgehead atoms. The SMILES string of the molecule is CN1C(=O)CC(COC(=O)C2CC(=O)N(C3CCCCCC3)C2)C1c1cccc(Cl)c1. The van der Waals surface area contributed by atoms with Crippen molar-refractivity contribution in [1.82, 2.24) is 9.80 Å². The minimum absolute atomic E-state index is 0.0293. The van der Waals surface area contributed by atoms with E-state index in [2.05, 4.69) is 0 Å². The summed E-state index contributed by atoms with van der Waals surface area (Å²) in [6, 6.07) is 7.56. The fourth-order valence-corrected chi connectivity index (χ4v) is 5.61. The van der Waals surface area contributed by atoms with Crippen molar-refractivity contribution in [2.45, 2.75) is 63.5 Å². The molecule has 31 heavy (non-hydrogen) atoms. The maximum atomic E-state index is 12.8. The molecule has 2 amide bonds. The van der Waals surface area contributed by atoms with Crippen LogP contribution in [0, 0.1) is 11.8 Å². The van der Waals surface area contributed by atoms with Crippen molar-refractivity contribution in [3.63, 3.8) is 0 Å². The lowest BCUT2D eigenvalue weighted by atomic mass is 9.94. The van der Waals surface area contributed by atoms with Crippen molar-refractivity contribution in [3.8, 4) is 0 Å². The topological polar surface area (TPSA) is 66.9 Å². The third-order valence-electron chi connectivity index (χ3n) is 7.08. The largest absolute Gasteiger partial charge is 0.465 e. The summed E-state index contributed by atoms with van der Waals surface area (Å²) in [5.74, 6) is -0.760. The van der Waals surface area contributed by atoms with E-state index in [1.54, 1.807) is 18.0 Å². The van der Waals surface area contributed by atoms with Crippen LogP contribution in [0.3, 0.4) is 0 Å². The van der Waals surface area contributed by atoms with Gasteiger partial charge in [-0.2, -0.15) is 0 Å². The van der Waals surface area contributed by atoms with Crippen LogP contribution in [0.4, 0.5) is 0 Å². The van der Waals surface area contributed by atoms with E-state index in [4.69, 9.17) is 16.3 Å². The summed E-state index contributed by atoms with van der Waals surface area (Å²) in [7, 11) is 1.77. The lowest BCUT2D eigenvalue weighted by molar-refractivity contribution is -0.150. The first-order chi connectivity index (χ1) is 14.9. The first-order valence-corrected chi connectivity index (χ1v) is 11.8. The Bertz CT molecular complexity index is 837. The van der Waals surface area contributed by atoms with Crippen LogP contribution in [-0.2, 0) is 19.1 Å². The van der Waals surface area contributed by atoms with E-state index in [1.807, 2.05) is 23.1 Å². The third kappa shape index (κ3) is 4.89. The Morgan fingerprint density at radius 1 is 1.10 bits per heavy atom. The molecule has 7 heteroatoms. The molecule has 2 aliphatic heterocycles. The average molecular weight is 447 g/mol. The zero-order chi connectivity index (χ0) is 22.0. The molecular formula is C24H31ClN2O4. The molecule has 0 N–H and O–H groups in total. The highest BCUT2D eigenvalue weighted by Gasteiger charge is 2.42. The molecule has 4 rings (SSSR count). The first kappa shape index (κ1) is 22.1. The number of ether oxygens (including phenoxy) is 1. The molecule has 2 heterocycles. The van der Waals surface area contributed by atoms with E-state index in [1.165, 1.54) is 12.8 Å². The standard InChI is InChI=1S/C24H31ClN2O4/c1-26-21(28)13-18(23(26)16-7-6-8-19(25)11-16)15-31-24(30)17-12-22(29)27(14-17)20-9-4-2-3-5-10-20/h6-8,11,17-18,20,23H,2-5,9-10,12-15H2,1H3. The Morgan fingerprint density at radius 2 is 1.84 bits per heavy atom. The van der Waals surface area contributed by atoms with E-state index in [0.29, 0.717) is 18.0 Å². The van der Waals surface area contributed by atoms with Crippen LogP contribution in [0.5, 0.6) is 0 Å². The lowest BCUT2D eigenvalue weighted by Crippen LogP contribution is -2.37. The Morgan fingerprint density at radius 3 is 2.55 bits per heavy atom. The van der Waals surface area contributed by atoms with Crippen LogP contribution in [-0.4, -0.2) is 53.8 Å². The van der Waals surface area contributed by atoms with E-state index in [9.17, 15) is 14.4 Å². The van der Waals surface area contributed by atoms with Gasteiger partial charge in [0.05, 0.1) is 18.6 Å². The Balaban J connectivity index is 1.36. The average Bonchev–Trinajstić information content (AvgIpc) is 3.12. The fourth-order valence-electron chi connectivity index (χ4n) is 5.41. The van der Waals surface area contributed by atoms with Gasteiger partial charge in [0.1, 0.15) is 0 Å². The van der Waals surface area contributed by atoms with Crippen LogP contribution >= 0.6 is 11.6 Å². The number of likely N-dealkylation sites (tertiary alicyclic amines) is 2. The van der Waals surface area contributed by atoms with Crippen molar-refractivity contribution in [2.75, 3.05) is 20.2 Å². The van der Waals surface area contributed by atoms with Gasteiger partial charge in [-0.05, 0) is 30.5 Å². The predicted octanol–water partition coefficient (Wildman–Crippen LogP) is 3.97. The van der Waals surface area contributed by atoms with Crippen molar-refractivity contribution in [1.29, 1.82) is 0 Å². The smallest absolute Gasteiger partial charge is 0.311 e. The van der Waals surface area contributed by atoms with Crippen LogP contribution in [0.25, 0.3) is 0 Å². The van der Waals surface area contributed by atoms with E-state index >= 15 is 0 Å². The molecule has 0 aromatic heterocycles. The number of carbonyl (C=O) groups is 3. The first-order valence-electron chi connectivity index (χ1n) is 11.4. The molecule has 3 fully saturated rings. The summed E-state index contributed by atoms with van der Waals surface area (Å²) >= 11 is 6.14. The minimum atomic E-state index is -0.407. The molecule has 3 atom stereocenters. The van der Waals surface area contributed by atoms with Gasteiger partial charge in [0.2, 0.25) is 11.8 Å². The molecule has 0 radical (unpaired) electrons. The van der Waals surface area contributed by atoms with Crippen LogP contribution in [0.15, 0.2) is 24.3 Å². The van der Waals surface area contributed by atoms with Crippen molar-refractivity contribution < 1.29 is 19.1 Å². The molecule has 1 aliphatic carbocycles. The Hall–Kier alpha value is -2.08. The van der Waals surface area contributed by atoms with Gasteiger partial charge in [-0.25, -0.2) is 0 Å². The normalized spacial score (nSPS) is 27.6. The van der Waals surface area contributed by atoms with Gasteiger partial charge in [0.25, 0.3) is 0 Å². The molecule has 0 spiro atoms. The second-order valence-electron chi connectivity index (χ2n) is 9.19. The van der Waals surface area contributed by atoms with Crippen molar-refractivity contribution in [2.24, 2.45) is 11.8 Å². The fraction of sp³-hybridized carbons (Fsp3) is 0.625. The number of carbonyl (C=O) groups excluding carboxylic acids is 3. The molecule has 1 saturated carbocycles. The summed E-state index contributed by atoms with van der Waals surface area (Å²) < 4.78 is 5.67. The van der Waals surface area contributed by atoms with E-state index in [0.717, 1.165) is 31.2 Å². The number of halogens is 1.